The van der Waals surface area contributed by atoms with Crippen LogP contribution < -0.4 is 15.4 Å². The summed E-state index contributed by atoms with van der Waals surface area (Å²) in [5.41, 5.74) is -0.726. The highest BCUT2D eigenvalue weighted by Gasteiger charge is 2.21. The SMILES string of the molecule is CC(C)(C)OC(=O)NC(=NCc1ccc(OCCCOS(C)(=O)=O)c(Br)c1)NC(=O)OC(C)(C)C. The lowest BCUT2D eigenvalue weighted by molar-refractivity contribution is 0.0545. The second-order valence-electron chi connectivity index (χ2n) is 9.41. The van der Waals surface area contributed by atoms with E-state index in [1.807, 2.05) is 0 Å². The molecule has 0 aliphatic rings. The van der Waals surface area contributed by atoms with E-state index in [-0.39, 0.29) is 25.7 Å². The first kappa shape index (κ1) is 30.7. The number of hydrogen-bond donors (Lipinski definition) is 2. The summed E-state index contributed by atoms with van der Waals surface area (Å²) < 4.78 is 43.3. The highest BCUT2D eigenvalue weighted by molar-refractivity contribution is 9.10. The van der Waals surface area contributed by atoms with E-state index in [1.165, 1.54) is 0 Å². The highest BCUT2D eigenvalue weighted by atomic mass is 79.9. The molecule has 13 heteroatoms. The lowest BCUT2D eigenvalue weighted by Gasteiger charge is -2.22. The van der Waals surface area contributed by atoms with Gasteiger partial charge >= 0.3 is 12.2 Å². The van der Waals surface area contributed by atoms with Gasteiger partial charge in [0.1, 0.15) is 17.0 Å². The molecule has 0 fully saturated rings. The normalized spacial score (nSPS) is 11.9. The minimum Gasteiger partial charge on any atom is -0.492 e. The molecule has 0 heterocycles. The van der Waals surface area contributed by atoms with E-state index in [0.29, 0.717) is 16.6 Å². The van der Waals surface area contributed by atoms with E-state index in [4.69, 9.17) is 14.2 Å². The molecule has 0 radical (unpaired) electrons. The maximum Gasteiger partial charge on any atom is 0.414 e. The number of hydrogen-bond acceptors (Lipinski definition) is 9. The second-order valence-corrected chi connectivity index (χ2v) is 11.9. The van der Waals surface area contributed by atoms with E-state index >= 15 is 0 Å². The van der Waals surface area contributed by atoms with E-state index in [0.717, 1.165) is 11.8 Å². The predicted molar refractivity (Wildman–Crippen MR) is 135 cm³/mol. The Balaban J connectivity index is 2.83. The summed E-state index contributed by atoms with van der Waals surface area (Å²) in [6.07, 6.45) is -0.181. The van der Waals surface area contributed by atoms with Gasteiger partial charge < -0.3 is 14.2 Å². The molecule has 1 aromatic carbocycles. The summed E-state index contributed by atoms with van der Waals surface area (Å²) in [5.74, 6) is 0.423. The van der Waals surface area contributed by atoms with Gasteiger partial charge in [0, 0.05) is 6.42 Å². The average molecular weight is 580 g/mol. The van der Waals surface area contributed by atoms with E-state index < -0.39 is 33.5 Å². The number of carbonyl (C=O) groups is 2. The highest BCUT2D eigenvalue weighted by Crippen LogP contribution is 2.26. The number of carbonyl (C=O) groups excluding carboxylic acids is 2. The molecule has 0 aliphatic carbocycles. The Hall–Kier alpha value is -2.38. The summed E-state index contributed by atoms with van der Waals surface area (Å²) in [6.45, 7) is 10.7. The van der Waals surface area contributed by atoms with Gasteiger partial charge in [-0.25, -0.2) is 14.6 Å². The average Bonchev–Trinajstić information content (AvgIpc) is 2.63. The number of halogens is 1. The number of rotatable bonds is 8. The third kappa shape index (κ3) is 15.3. The Morgan fingerprint density at radius 1 is 0.971 bits per heavy atom. The van der Waals surface area contributed by atoms with Crippen LogP contribution in [0.25, 0.3) is 0 Å². The summed E-state index contributed by atoms with van der Waals surface area (Å²) >= 11 is 3.42. The molecule has 0 atom stereocenters. The molecule has 2 amide bonds. The fourth-order valence-electron chi connectivity index (χ4n) is 2.29. The fourth-order valence-corrected chi connectivity index (χ4v) is 3.25. The summed E-state index contributed by atoms with van der Waals surface area (Å²) in [6, 6.07) is 5.24. The van der Waals surface area contributed by atoms with Gasteiger partial charge in [0.25, 0.3) is 10.1 Å². The van der Waals surface area contributed by atoms with Crippen LogP contribution in [0.4, 0.5) is 9.59 Å². The van der Waals surface area contributed by atoms with Crippen molar-refractivity contribution in [2.45, 2.75) is 65.7 Å². The van der Waals surface area contributed by atoms with Crippen LogP contribution in [-0.4, -0.2) is 57.2 Å². The van der Waals surface area contributed by atoms with Gasteiger partial charge in [-0.3, -0.25) is 14.8 Å². The first-order valence-corrected chi connectivity index (χ1v) is 13.3. The number of aliphatic imine (C=N–C) groups is 1. The van der Waals surface area contributed by atoms with Gasteiger partial charge in [0.05, 0.1) is 30.5 Å². The summed E-state index contributed by atoms with van der Waals surface area (Å²) in [5, 5.41) is 4.85. The Kier molecular flexibility index (Phi) is 11.4. The van der Waals surface area contributed by atoms with Crippen molar-refractivity contribution in [3.05, 3.63) is 28.2 Å². The van der Waals surface area contributed by atoms with Crippen molar-refractivity contribution in [2.24, 2.45) is 4.99 Å². The lowest BCUT2D eigenvalue weighted by atomic mass is 10.2. The molecule has 0 spiro atoms. The molecule has 1 rings (SSSR count). The quantitative estimate of drug-likeness (QED) is 0.203. The topological polar surface area (TPSA) is 142 Å². The van der Waals surface area contributed by atoms with E-state index in [1.54, 1.807) is 59.7 Å². The van der Waals surface area contributed by atoms with Crippen LogP contribution in [-0.2, 0) is 30.3 Å². The summed E-state index contributed by atoms with van der Waals surface area (Å²) in [4.78, 5) is 28.6. The monoisotopic (exact) mass is 579 g/mol. The number of benzene rings is 1. The van der Waals surface area contributed by atoms with Crippen LogP contribution in [0.5, 0.6) is 5.75 Å². The summed E-state index contributed by atoms with van der Waals surface area (Å²) in [7, 11) is -3.48. The predicted octanol–water partition coefficient (Wildman–Crippen LogP) is 4.10. The van der Waals surface area contributed by atoms with Crippen LogP contribution >= 0.6 is 15.9 Å². The third-order valence-corrected chi connectivity index (χ3v) is 4.71. The largest absolute Gasteiger partial charge is 0.492 e. The third-order valence-electron chi connectivity index (χ3n) is 3.50. The molecule has 198 valence electrons. The molecule has 2 N–H and O–H groups in total. The van der Waals surface area contributed by atoms with Crippen LogP contribution in [0.2, 0.25) is 0 Å². The molecule has 0 saturated heterocycles. The molecule has 0 saturated carbocycles. The number of nitrogens with one attached hydrogen (secondary N) is 2. The Morgan fingerprint density at radius 2 is 1.51 bits per heavy atom. The van der Waals surface area contributed by atoms with Crippen molar-refractivity contribution in [3.8, 4) is 5.75 Å². The van der Waals surface area contributed by atoms with Gasteiger partial charge in [-0.1, -0.05) is 6.07 Å². The van der Waals surface area contributed by atoms with Crippen LogP contribution in [0, 0.1) is 0 Å². The van der Waals surface area contributed by atoms with Crippen molar-refractivity contribution in [3.63, 3.8) is 0 Å². The minimum atomic E-state index is -3.48. The Labute approximate surface area is 215 Å². The van der Waals surface area contributed by atoms with Gasteiger partial charge in [0.2, 0.25) is 5.96 Å². The molecule has 35 heavy (non-hydrogen) atoms. The first-order valence-electron chi connectivity index (χ1n) is 10.7. The van der Waals surface area contributed by atoms with Gasteiger partial charge in [-0.2, -0.15) is 8.42 Å². The van der Waals surface area contributed by atoms with Crippen molar-refractivity contribution < 1.29 is 36.4 Å². The van der Waals surface area contributed by atoms with Crippen LogP contribution in [0.1, 0.15) is 53.5 Å². The van der Waals surface area contributed by atoms with Crippen molar-refractivity contribution in [2.75, 3.05) is 19.5 Å². The van der Waals surface area contributed by atoms with Crippen molar-refractivity contribution >= 4 is 44.2 Å². The Bertz CT molecular complexity index is 983. The van der Waals surface area contributed by atoms with Crippen LogP contribution in [0.15, 0.2) is 27.7 Å². The fraction of sp³-hybridized carbons (Fsp3) is 0.591. The molecule has 0 aliphatic heterocycles. The maximum atomic E-state index is 12.2. The second kappa shape index (κ2) is 13.1. The smallest absolute Gasteiger partial charge is 0.414 e. The van der Waals surface area contributed by atoms with Crippen LogP contribution in [0.3, 0.4) is 0 Å². The standard InChI is InChI=1S/C22H34BrN3O8S/c1-21(2,3)33-19(27)25-18(26-20(28)34-22(4,5)6)24-14-15-9-10-17(16(23)13-15)31-11-8-12-32-35(7,29)30/h9-10,13H,8,11-12,14H2,1-7H3,(H2,24,25,26,27,28). The molecular weight excluding hydrogens is 546 g/mol. The number of guanidine groups is 1. The lowest BCUT2D eigenvalue weighted by Crippen LogP contribution is -2.47. The van der Waals surface area contributed by atoms with Crippen molar-refractivity contribution in [1.82, 2.24) is 10.6 Å². The van der Waals surface area contributed by atoms with Gasteiger partial charge in [0.15, 0.2) is 0 Å². The molecule has 0 aromatic heterocycles. The number of alkyl carbamates (subject to hydrolysis) is 2. The zero-order chi connectivity index (χ0) is 26.9. The molecule has 0 unspecified atom stereocenters. The van der Waals surface area contributed by atoms with E-state index in [2.05, 4.69) is 35.7 Å². The number of nitrogens with zero attached hydrogens (tertiary/aromatic N) is 1. The first-order chi connectivity index (χ1) is 15.9. The number of ether oxygens (including phenoxy) is 3. The zero-order valence-corrected chi connectivity index (χ0v) is 23.5. The van der Waals surface area contributed by atoms with Crippen molar-refractivity contribution in [1.29, 1.82) is 0 Å². The van der Waals surface area contributed by atoms with Gasteiger partial charge in [-0.15, -0.1) is 0 Å². The molecule has 11 nitrogen and oxygen atoms in total. The zero-order valence-electron chi connectivity index (χ0n) is 21.1. The Morgan fingerprint density at radius 3 is 1.97 bits per heavy atom. The molecular formula is C22H34BrN3O8S. The van der Waals surface area contributed by atoms with E-state index in [9.17, 15) is 18.0 Å². The number of amides is 2. The molecule has 0 bridgehead atoms. The molecule has 1 aromatic rings. The minimum absolute atomic E-state index is 0.0291. The maximum absolute atomic E-state index is 12.2. The van der Waals surface area contributed by atoms with Gasteiger partial charge in [-0.05, 0) is 75.2 Å².